The summed E-state index contributed by atoms with van der Waals surface area (Å²) in [6.07, 6.45) is 5.66. The lowest BCUT2D eigenvalue weighted by Gasteiger charge is -2.40. The Bertz CT molecular complexity index is 752. The number of rotatable bonds is 2. The minimum atomic E-state index is 0.423. The van der Waals surface area contributed by atoms with E-state index in [1.807, 2.05) is 43.3 Å². The lowest BCUT2D eigenvalue weighted by molar-refractivity contribution is 0.366. The first-order valence-corrected chi connectivity index (χ1v) is 6.63. The summed E-state index contributed by atoms with van der Waals surface area (Å²) in [5.41, 5.74) is 0.884. The minimum absolute atomic E-state index is 0.423. The molecule has 7 heteroatoms. The molecule has 1 saturated heterocycles. The number of anilines is 1. The molecule has 20 heavy (non-hydrogen) atoms. The highest BCUT2D eigenvalue weighted by Crippen LogP contribution is 2.30. The summed E-state index contributed by atoms with van der Waals surface area (Å²) in [6, 6.07) is 2.38. The molecule has 0 unspecified atom stereocenters. The van der Waals surface area contributed by atoms with Crippen molar-refractivity contribution in [2.75, 3.05) is 18.0 Å². The van der Waals surface area contributed by atoms with E-state index >= 15 is 0 Å². The van der Waals surface area contributed by atoms with Crippen molar-refractivity contribution in [3.63, 3.8) is 0 Å². The molecule has 0 spiro atoms. The van der Waals surface area contributed by atoms with Crippen LogP contribution >= 0.6 is 0 Å². The van der Waals surface area contributed by atoms with Gasteiger partial charge in [0.25, 0.3) is 0 Å². The standard InChI is InChI=1S/C13H15N7/c1-9-16-12-11(6-15-18(12)2)13(17-9)19-7-10(8-19)20-5-3-4-14-20/h3-6,10H,7-8H2,1-2H3. The zero-order valence-electron chi connectivity index (χ0n) is 11.4. The third-order valence-corrected chi connectivity index (χ3v) is 3.74. The Balaban J connectivity index is 1.67. The minimum Gasteiger partial charge on any atom is -0.351 e. The van der Waals surface area contributed by atoms with Crippen molar-refractivity contribution < 1.29 is 0 Å². The predicted molar refractivity (Wildman–Crippen MR) is 74.5 cm³/mol. The van der Waals surface area contributed by atoms with E-state index in [1.165, 1.54) is 0 Å². The number of hydrogen-bond acceptors (Lipinski definition) is 5. The van der Waals surface area contributed by atoms with E-state index in [0.717, 1.165) is 35.8 Å². The van der Waals surface area contributed by atoms with Gasteiger partial charge >= 0.3 is 0 Å². The fraction of sp³-hybridized carbons (Fsp3) is 0.385. The third-order valence-electron chi connectivity index (χ3n) is 3.74. The summed E-state index contributed by atoms with van der Waals surface area (Å²) in [6.45, 7) is 3.75. The van der Waals surface area contributed by atoms with Gasteiger partial charge in [0.15, 0.2) is 5.65 Å². The van der Waals surface area contributed by atoms with E-state index in [0.29, 0.717) is 6.04 Å². The molecule has 4 heterocycles. The molecule has 7 nitrogen and oxygen atoms in total. The van der Waals surface area contributed by atoms with Crippen molar-refractivity contribution in [3.05, 3.63) is 30.5 Å². The van der Waals surface area contributed by atoms with Crippen LogP contribution in [0.1, 0.15) is 11.9 Å². The molecule has 0 aliphatic carbocycles. The van der Waals surface area contributed by atoms with Gasteiger partial charge in [0.05, 0.1) is 17.6 Å². The van der Waals surface area contributed by atoms with Gasteiger partial charge in [-0.25, -0.2) is 9.97 Å². The van der Waals surface area contributed by atoms with Crippen molar-refractivity contribution in [1.82, 2.24) is 29.5 Å². The summed E-state index contributed by atoms with van der Waals surface area (Å²) >= 11 is 0. The molecule has 1 fully saturated rings. The molecule has 3 aromatic rings. The molecule has 4 rings (SSSR count). The van der Waals surface area contributed by atoms with Crippen molar-refractivity contribution >= 4 is 16.9 Å². The Morgan fingerprint density at radius 2 is 2.05 bits per heavy atom. The molecule has 0 N–H and O–H groups in total. The van der Waals surface area contributed by atoms with Gasteiger partial charge in [-0.1, -0.05) is 0 Å². The maximum atomic E-state index is 4.58. The van der Waals surface area contributed by atoms with Crippen molar-refractivity contribution in [1.29, 1.82) is 0 Å². The summed E-state index contributed by atoms with van der Waals surface area (Å²) in [4.78, 5) is 11.3. The van der Waals surface area contributed by atoms with Gasteiger partial charge in [-0.05, 0) is 13.0 Å². The number of aryl methyl sites for hydroxylation is 2. The molecule has 0 saturated carbocycles. The molecule has 3 aromatic heterocycles. The van der Waals surface area contributed by atoms with Gasteiger partial charge in [-0.2, -0.15) is 10.2 Å². The Labute approximate surface area is 115 Å². The van der Waals surface area contributed by atoms with Crippen molar-refractivity contribution in [3.8, 4) is 0 Å². The van der Waals surface area contributed by atoms with Crippen LogP contribution in [0.4, 0.5) is 5.82 Å². The molecule has 0 radical (unpaired) electrons. The van der Waals surface area contributed by atoms with Gasteiger partial charge in [-0.15, -0.1) is 0 Å². The lowest BCUT2D eigenvalue weighted by Crippen LogP contribution is -2.48. The number of hydrogen-bond donors (Lipinski definition) is 0. The van der Waals surface area contributed by atoms with Crippen molar-refractivity contribution in [2.45, 2.75) is 13.0 Å². The van der Waals surface area contributed by atoms with Crippen LogP contribution < -0.4 is 4.90 Å². The van der Waals surface area contributed by atoms with Crippen LogP contribution in [-0.4, -0.2) is 42.6 Å². The molecule has 1 aliphatic heterocycles. The van der Waals surface area contributed by atoms with Gasteiger partial charge in [0.1, 0.15) is 11.6 Å². The van der Waals surface area contributed by atoms with Crippen LogP contribution in [0, 0.1) is 6.92 Å². The number of nitrogens with zero attached hydrogens (tertiary/aromatic N) is 7. The summed E-state index contributed by atoms with van der Waals surface area (Å²) in [5, 5.41) is 9.58. The smallest absolute Gasteiger partial charge is 0.163 e. The summed E-state index contributed by atoms with van der Waals surface area (Å²) in [5.74, 6) is 1.75. The van der Waals surface area contributed by atoms with E-state index in [2.05, 4.69) is 25.1 Å². The fourth-order valence-electron chi connectivity index (χ4n) is 2.65. The highest BCUT2D eigenvalue weighted by atomic mass is 15.4. The highest BCUT2D eigenvalue weighted by molar-refractivity contribution is 5.87. The zero-order chi connectivity index (χ0) is 13.7. The van der Waals surface area contributed by atoms with Crippen LogP contribution in [0.5, 0.6) is 0 Å². The van der Waals surface area contributed by atoms with Crippen molar-refractivity contribution in [2.24, 2.45) is 7.05 Å². The molecule has 0 atom stereocenters. The second-order valence-electron chi connectivity index (χ2n) is 5.14. The Hall–Kier alpha value is -2.44. The fourth-order valence-corrected chi connectivity index (χ4v) is 2.65. The Kier molecular flexibility index (Phi) is 2.29. The average molecular weight is 269 g/mol. The topological polar surface area (TPSA) is 64.7 Å². The second kappa shape index (κ2) is 4.03. The number of fused-ring (bicyclic) bond motifs is 1. The number of aromatic nitrogens is 6. The van der Waals surface area contributed by atoms with E-state index in [-0.39, 0.29) is 0 Å². The average Bonchev–Trinajstić information content (AvgIpc) is 2.99. The molecular weight excluding hydrogens is 254 g/mol. The largest absolute Gasteiger partial charge is 0.351 e. The SMILES string of the molecule is Cc1nc(N2CC(n3cccn3)C2)c2cnn(C)c2n1. The molecule has 102 valence electrons. The molecule has 0 bridgehead atoms. The maximum Gasteiger partial charge on any atom is 0.163 e. The maximum absolute atomic E-state index is 4.58. The van der Waals surface area contributed by atoms with Crippen LogP contribution in [0.15, 0.2) is 24.7 Å². The lowest BCUT2D eigenvalue weighted by atomic mass is 10.1. The van der Waals surface area contributed by atoms with Crippen LogP contribution in [0.2, 0.25) is 0 Å². The first-order chi connectivity index (χ1) is 9.72. The first-order valence-electron chi connectivity index (χ1n) is 6.63. The first kappa shape index (κ1) is 11.4. The van der Waals surface area contributed by atoms with E-state index < -0.39 is 0 Å². The third kappa shape index (κ3) is 1.59. The highest BCUT2D eigenvalue weighted by Gasteiger charge is 2.31. The van der Waals surface area contributed by atoms with E-state index in [4.69, 9.17) is 0 Å². The predicted octanol–water partition coefficient (Wildman–Crippen LogP) is 0.930. The van der Waals surface area contributed by atoms with Crippen LogP contribution in [0.25, 0.3) is 11.0 Å². The zero-order valence-corrected chi connectivity index (χ0v) is 11.4. The van der Waals surface area contributed by atoms with Gasteiger partial charge < -0.3 is 4.90 Å². The van der Waals surface area contributed by atoms with E-state index in [1.54, 1.807) is 4.68 Å². The second-order valence-corrected chi connectivity index (χ2v) is 5.14. The summed E-state index contributed by atoms with van der Waals surface area (Å²) < 4.78 is 3.79. The molecule has 0 amide bonds. The van der Waals surface area contributed by atoms with Crippen LogP contribution in [0.3, 0.4) is 0 Å². The monoisotopic (exact) mass is 269 g/mol. The molecule has 1 aliphatic rings. The van der Waals surface area contributed by atoms with Gasteiger partial charge in [0.2, 0.25) is 0 Å². The quantitative estimate of drug-likeness (QED) is 0.692. The Morgan fingerprint density at radius 1 is 1.20 bits per heavy atom. The normalized spacial score (nSPS) is 15.8. The summed E-state index contributed by atoms with van der Waals surface area (Å²) in [7, 11) is 1.90. The molecule has 0 aromatic carbocycles. The van der Waals surface area contributed by atoms with Crippen LogP contribution in [-0.2, 0) is 7.05 Å². The van der Waals surface area contributed by atoms with Gasteiger partial charge in [0, 0.05) is 32.5 Å². The Morgan fingerprint density at radius 3 is 2.80 bits per heavy atom. The van der Waals surface area contributed by atoms with Gasteiger partial charge in [-0.3, -0.25) is 9.36 Å². The molecular formula is C13H15N7. The van der Waals surface area contributed by atoms with E-state index in [9.17, 15) is 0 Å².